The summed E-state index contributed by atoms with van der Waals surface area (Å²) in [6.07, 6.45) is 6.01. The molecule has 3 heterocycles. The molecule has 4 aromatic rings. The number of fused-ring (bicyclic) bond motifs is 2. The smallest absolute Gasteiger partial charge is 0.338 e. The van der Waals surface area contributed by atoms with Crippen LogP contribution < -0.4 is 4.74 Å². The van der Waals surface area contributed by atoms with Gasteiger partial charge >= 0.3 is 11.9 Å². The lowest BCUT2D eigenvalue weighted by molar-refractivity contribution is -0.166. The molecule has 0 aliphatic heterocycles. The number of esters is 2. The quantitative estimate of drug-likeness (QED) is 0.0606. The minimum Gasteiger partial charge on any atom is -0.591 e. The highest BCUT2D eigenvalue weighted by atomic mass is 32.2. The number of methoxy groups -OCH3 is 2. The summed E-state index contributed by atoms with van der Waals surface area (Å²) in [5.74, 6) is 0.566. The van der Waals surface area contributed by atoms with E-state index >= 15 is 0 Å². The zero-order valence-corrected chi connectivity index (χ0v) is 31.6. The molecule has 4 rings (SSSR count). The fourth-order valence-electron chi connectivity index (χ4n) is 5.53. The summed E-state index contributed by atoms with van der Waals surface area (Å²) in [5.41, 5.74) is 2.88. The number of unbranched alkanes of at least 4 members (excludes halogenated alkanes) is 3. The molecule has 266 valence electrons. The van der Waals surface area contributed by atoms with Crippen molar-refractivity contribution in [2.24, 2.45) is 16.9 Å². The van der Waals surface area contributed by atoms with Gasteiger partial charge in [0.05, 0.1) is 42.1 Å². The fourth-order valence-corrected chi connectivity index (χ4v) is 6.05. The van der Waals surface area contributed by atoms with Crippen molar-refractivity contribution in [2.75, 3.05) is 14.2 Å². The first-order valence-electron chi connectivity index (χ1n) is 16.7. The number of pyridine rings is 1. The van der Waals surface area contributed by atoms with E-state index in [4.69, 9.17) is 24.2 Å². The summed E-state index contributed by atoms with van der Waals surface area (Å²) in [7, 11) is 4.83. The van der Waals surface area contributed by atoms with Gasteiger partial charge in [0, 0.05) is 19.0 Å². The van der Waals surface area contributed by atoms with Crippen LogP contribution in [0.4, 0.5) is 0 Å². The molecule has 0 bridgehead atoms. The first-order chi connectivity index (χ1) is 22.9. The van der Waals surface area contributed by atoms with Gasteiger partial charge in [0.2, 0.25) is 0 Å². The molecule has 0 saturated heterocycles. The number of rotatable bonds is 13. The Morgan fingerprint density at radius 3 is 2.29 bits per heavy atom. The molecular weight excluding hydrogens is 643 g/mol. The number of nitrogens with zero attached hydrogens (tertiary/aromatic N) is 5. The minimum atomic E-state index is -1.41. The van der Waals surface area contributed by atoms with Gasteiger partial charge in [-0.2, -0.15) is 0 Å². The van der Waals surface area contributed by atoms with E-state index in [-0.39, 0.29) is 5.97 Å². The highest BCUT2D eigenvalue weighted by molar-refractivity contribution is 7.91. The Balaban J connectivity index is 1.66. The Labute approximate surface area is 292 Å². The van der Waals surface area contributed by atoms with Gasteiger partial charge in [-0.05, 0) is 98.6 Å². The molecule has 0 radical (unpaired) electrons. The van der Waals surface area contributed by atoms with Crippen LogP contribution in [0, 0.1) is 5.41 Å². The van der Waals surface area contributed by atoms with Gasteiger partial charge in [-0.1, -0.05) is 23.7 Å². The van der Waals surface area contributed by atoms with Crippen LogP contribution in [0.2, 0.25) is 0 Å². The summed E-state index contributed by atoms with van der Waals surface area (Å²) in [4.78, 5) is 35.0. The van der Waals surface area contributed by atoms with Gasteiger partial charge in [-0.3, -0.25) is 4.79 Å². The second kappa shape index (κ2) is 14.9. The number of imidazole rings is 1. The van der Waals surface area contributed by atoms with Crippen LogP contribution in [-0.2, 0) is 39.2 Å². The number of aryl methyl sites for hydroxylation is 2. The Kier molecular flexibility index (Phi) is 11.5. The lowest BCUT2D eigenvalue weighted by Crippen LogP contribution is -2.33. The highest BCUT2D eigenvalue weighted by Crippen LogP contribution is 2.35. The number of aromatic nitrogens is 4. The lowest BCUT2D eigenvalue weighted by atomic mass is 9.86. The maximum absolute atomic E-state index is 12.7. The topological polar surface area (TPSA) is 133 Å². The largest absolute Gasteiger partial charge is 0.591 e. The minimum absolute atomic E-state index is 0.169. The van der Waals surface area contributed by atoms with Crippen molar-refractivity contribution in [1.82, 2.24) is 19.1 Å². The van der Waals surface area contributed by atoms with E-state index in [0.29, 0.717) is 34.9 Å². The number of hydrogen-bond donors (Lipinski definition) is 0. The standard InChI is InChI=1S/C37H51N5O6S/c1-35(2,3)48-34(44)37(7,8)18-14-12-13-15-19-42-28(21-24-16-17-26(39-31(24)42)23-38-49(45)36(4,5)6)32-40-27-20-25(33(43)47-11)22-29(46-10)30(27)41(32)9/h16-17,20-23H,12-15,18-19H2,1-11H3/b38-23+. The molecule has 0 N–H and O–H groups in total. The van der Waals surface area contributed by atoms with E-state index in [1.807, 2.05) is 79.1 Å². The van der Waals surface area contributed by atoms with Gasteiger partial charge in [-0.15, -0.1) is 0 Å². The molecule has 3 aromatic heterocycles. The molecule has 0 amide bonds. The highest BCUT2D eigenvalue weighted by Gasteiger charge is 2.32. The molecular formula is C37H51N5O6S. The van der Waals surface area contributed by atoms with Crippen LogP contribution in [0.25, 0.3) is 33.6 Å². The van der Waals surface area contributed by atoms with E-state index in [0.717, 1.165) is 54.3 Å². The van der Waals surface area contributed by atoms with Crippen molar-refractivity contribution in [3.63, 3.8) is 0 Å². The normalized spacial score (nSPS) is 13.4. The first-order valence-corrected chi connectivity index (χ1v) is 17.8. The number of ether oxygens (including phenoxy) is 3. The van der Waals surface area contributed by atoms with Gasteiger partial charge in [0.15, 0.2) is 5.82 Å². The molecule has 1 atom stereocenters. The van der Waals surface area contributed by atoms with E-state index in [9.17, 15) is 14.1 Å². The van der Waals surface area contributed by atoms with Gasteiger partial charge in [0.1, 0.15) is 44.8 Å². The fraction of sp³-hybridized carbons (Fsp3) is 0.541. The SMILES string of the molecule is COC(=O)c1cc(OC)c2c(c1)nc(-c1cc3ccc(/C=N/[S+]([O-])C(C)(C)C)nc3n1CCCCCCC(C)(C)C(=O)OC(C)(C)C)n2C. The van der Waals surface area contributed by atoms with Crippen LogP contribution in [0.5, 0.6) is 5.75 Å². The van der Waals surface area contributed by atoms with Gasteiger partial charge < -0.3 is 27.9 Å². The summed E-state index contributed by atoms with van der Waals surface area (Å²) < 4.78 is 36.8. The van der Waals surface area contributed by atoms with Crippen molar-refractivity contribution in [3.05, 3.63) is 41.6 Å². The van der Waals surface area contributed by atoms with Gasteiger partial charge in [-0.25, -0.2) is 14.8 Å². The molecule has 12 heteroatoms. The van der Waals surface area contributed by atoms with Crippen molar-refractivity contribution < 1.29 is 28.4 Å². The molecule has 49 heavy (non-hydrogen) atoms. The third kappa shape index (κ3) is 9.02. The first kappa shape index (κ1) is 37.9. The third-order valence-electron chi connectivity index (χ3n) is 8.26. The zero-order valence-electron chi connectivity index (χ0n) is 30.8. The van der Waals surface area contributed by atoms with Crippen LogP contribution >= 0.6 is 0 Å². The molecule has 0 aliphatic rings. The molecule has 0 aliphatic carbocycles. The predicted molar refractivity (Wildman–Crippen MR) is 196 cm³/mol. The third-order valence-corrected chi connectivity index (χ3v) is 9.60. The second-order valence-corrected chi connectivity index (χ2v) is 16.9. The molecule has 1 aromatic carbocycles. The lowest BCUT2D eigenvalue weighted by Gasteiger charge is -2.28. The Hall–Kier alpha value is -3.90. The summed E-state index contributed by atoms with van der Waals surface area (Å²) >= 11 is -1.41. The van der Waals surface area contributed by atoms with E-state index < -0.39 is 33.1 Å². The van der Waals surface area contributed by atoms with Crippen molar-refractivity contribution in [3.8, 4) is 17.3 Å². The van der Waals surface area contributed by atoms with Crippen LogP contribution in [0.15, 0.2) is 34.7 Å². The molecule has 0 fully saturated rings. The average Bonchev–Trinajstić information content (AvgIpc) is 3.55. The van der Waals surface area contributed by atoms with E-state index in [1.165, 1.54) is 7.11 Å². The number of benzene rings is 1. The van der Waals surface area contributed by atoms with Crippen LogP contribution in [0.3, 0.4) is 0 Å². The van der Waals surface area contributed by atoms with E-state index in [1.54, 1.807) is 25.5 Å². The van der Waals surface area contributed by atoms with E-state index in [2.05, 4.69) is 15.0 Å². The monoisotopic (exact) mass is 693 g/mol. The molecule has 11 nitrogen and oxygen atoms in total. The Bertz CT molecular complexity index is 1840. The van der Waals surface area contributed by atoms with Gasteiger partial charge in [0.25, 0.3) is 0 Å². The second-order valence-electron chi connectivity index (χ2n) is 15.0. The predicted octanol–water partition coefficient (Wildman–Crippen LogP) is 7.58. The molecule has 0 spiro atoms. The van der Waals surface area contributed by atoms with Crippen LogP contribution in [-0.4, -0.2) is 66.4 Å². The molecule has 0 saturated carbocycles. The number of hydrogen-bond acceptors (Lipinski definition) is 9. The number of carbonyl (C=O) groups is 2. The summed E-state index contributed by atoms with van der Waals surface area (Å²) in [6, 6.07) is 9.29. The van der Waals surface area contributed by atoms with Crippen molar-refractivity contribution >= 4 is 51.6 Å². The zero-order chi connectivity index (χ0) is 36.3. The maximum Gasteiger partial charge on any atom is 0.338 e. The average molecular weight is 694 g/mol. The van der Waals surface area contributed by atoms with Crippen molar-refractivity contribution in [2.45, 2.75) is 104 Å². The van der Waals surface area contributed by atoms with Crippen molar-refractivity contribution in [1.29, 1.82) is 0 Å². The molecule has 1 unspecified atom stereocenters. The van der Waals surface area contributed by atoms with Crippen LogP contribution in [0.1, 0.15) is 104 Å². The number of carbonyl (C=O) groups excluding carboxylic acids is 2. The Morgan fingerprint density at radius 1 is 0.959 bits per heavy atom. The maximum atomic E-state index is 12.7. The summed E-state index contributed by atoms with van der Waals surface area (Å²) in [6.45, 7) is 15.9. The Morgan fingerprint density at radius 2 is 1.65 bits per heavy atom. The summed E-state index contributed by atoms with van der Waals surface area (Å²) in [5, 5.41) is 0.928.